The molecule has 0 bridgehead atoms. The van der Waals surface area contributed by atoms with Gasteiger partial charge in [-0.25, -0.2) is 0 Å². The van der Waals surface area contributed by atoms with Gasteiger partial charge in [0.2, 0.25) is 0 Å². The molecule has 0 spiro atoms. The molecule has 0 saturated carbocycles. The first-order valence-corrected chi connectivity index (χ1v) is 0.934. The standard InChI is InChI=1S/CHClO2.Na.H/c2-4-1-3;;/h1H;;/q;+1;-1. The van der Waals surface area contributed by atoms with E-state index in [1.807, 2.05) is 0 Å². The zero-order valence-electron chi connectivity index (χ0n) is 3.77. The van der Waals surface area contributed by atoms with Gasteiger partial charge in [0.1, 0.15) is 11.9 Å². The minimum Gasteiger partial charge on any atom is -1.00 e. The van der Waals surface area contributed by atoms with Crippen molar-refractivity contribution in [2.24, 2.45) is 0 Å². The summed E-state index contributed by atoms with van der Waals surface area (Å²) in [5.74, 6) is 0. The Kier molecular flexibility index (Phi) is 16.3. The molecule has 2 nitrogen and oxygen atoms in total. The minimum atomic E-state index is 0. The Morgan fingerprint density at radius 2 is 2.20 bits per heavy atom. The summed E-state index contributed by atoms with van der Waals surface area (Å²) in [6.07, 6.45) is 0. The van der Waals surface area contributed by atoms with Gasteiger partial charge in [0.15, 0.2) is 0 Å². The molecule has 0 atom stereocenters. The Morgan fingerprint density at radius 3 is 2.20 bits per heavy atom. The van der Waals surface area contributed by atoms with Crippen LogP contribution in [0.4, 0.5) is 0 Å². The van der Waals surface area contributed by atoms with E-state index in [9.17, 15) is 0 Å². The van der Waals surface area contributed by atoms with Crippen molar-refractivity contribution in [2.45, 2.75) is 0 Å². The van der Waals surface area contributed by atoms with Gasteiger partial charge in [-0.1, -0.05) is 0 Å². The number of carbonyl (C=O) groups excluding carboxylic acids is 1. The number of halogens is 1. The molecule has 0 aromatic heterocycles. The molecule has 0 aliphatic rings. The number of rotatable bonds is 1. The maximum atomic E-state index is 8.82. The fourth-order valence-electron chi connectivity index (χ4n) is 0. The van der Waals surface area contributed by atoms with E-state index in [0.29, 0.717) is 0 Å². The van der Waals surface area contributed by atoms with Crippen LogP contribution in [0, 0.1) is 0 Å². The molecule has 0 amide bonds. The van der Waals surface area contributed by atoms with Gasteiger partial charge in [0.25, 0.3) is 0 Å². The largest absolute Gasteiger partial charge is 1.00 e. The molecule has 0 aliphatic carbocycles. The van der Waals surface area contributed by atoms with Crippen LogP contribution in [-0.2, 0) is 9.08 Å². The monoisotopic (exact) mass is 104 g/mol. The van der Waals surface area contributed by atoms with Crippen molar-refractivity contribution in [1.82, 2.24) is 0 Å². The molecule has 0 aliphatic heterocycles. The molecular formula is CH2ClNaO2. The van der Waals surface area contributed by atoms with Crippen molar-refractivity contribution < 1.29 is 40.1 Å². The summed E-state index contributed by atoms with van der Waals surface area (Å²) >= 11 is 4.32. The first-order chi connectivity index (χ1) is 1.91. The average Bonchev–Trinajstić information content (AvgIpc) is 1.37. The second kappa shape index (κ2) is 8.83. The van der Waals surface area contributed by atoms with E-state index in [4.69, 9.17) is 4.79 Å². The van der Waals surface area contributed by atoms with Crippen LogP contribution < -0.4 is 29.6 Å². The third kappa shape index (κ3) is 11.7. The van der Waals surface area contributed by atoms with E-state index < -0.39 is 0 Å². The summed E-state index contributed by atoms with van der Waals surface area (Å²) in [4.78, 5) is 8.82. The van der Waals surface area contributed by atoms with Crippen LogP contribution in [0.15, 0.2) is 0 Å². The SMILES string of the molecule is O=COCl.[H-].[Na+]. The molecule has 5 heavy (non-hydrogen) atoms. The molecule has 0 saturated heterocycles. The summed E-state index contributed by atoms with van der Waals surface area (Å²) in [5.41, 5.74) is 0. The van der Waals surface area contributed by atoms with Crippen LogP contribution in [0.2, 0.25) is 0 Å². The molecule has 0 unspecified atom stereocenters. The van der Waals surface area contributed by atoms with Crippen molar-refractivity contribution in [2.75, 3.05) is 0 Å². The molecule has 26 valence electrons. The van der Waals surface area contributed by atoms with Crippen molar-refractivity contribution in [3.8, 4) is 0 Å². The van der Waals surface area contributed by atoms with Gasteiger partial charge in [0.05, 0.1) is 0 Å². The third-order valence-electron chi connectivity index (χ3n) is 0.0364. The third-order valence-corrected chi connectivity index (χ3v) is 0.109. The predicted molar refractivity (Wildman–Crippen MR) is 14.1 cm³/mol. The molecule has 0 aromatic carbocycles. The van der Waals surface area contributed by atoms with E-state index >= 15 is 0 Å². The average molecular weight is 104 g/mol. The van der Waals surface area contributed by atoms with Crippen LogP contribution >= 0.6 is 11.9 Å². The first kappa shape index (κ1) is 9.23. The van der Waals surface area contributed by atoms with Gasteiger partial charge < -0.3 is 5.72 Å². The van der Waals surface area contributed by atoms with Crippen LogP contribution in [0.25, 0.3) is 0 Å². The maximum absolute atomic E-state index is 8.82. The normalized spacial score (nSPS) is 4.20. The van der Waals surface area contributed by atoms with Gasteiger partial charge >= 0.3 is 36.0 Å². The molecule has 0 rings (SSSR count). The molecule has 0 N–H and O–H groups in total. The van der Waals surface area contributed by atoms with Gasteiger partial charge in [-0.2, -0.15) is 0 Å². The maximum Gasteiger partial charge on any atom is 1.00 e. The first-order valence-electron chi connectivity index (χ1n) is 0.626. The van der Waals surface area contributed by atoms with Gasteiger partial charge in [-0.3, -0.25) is 4.79 Å². The van der Waals surface area contributed by atoms with E-state index in [2.05, 4.69) is 16.2 Å². The van der Waals surface area contributed by atoms with Crippen molar-refractivity contribution in [3.63, 3.8) is 0 Å². The zero-order chi connectivity index (χ0) is 3.41. The fourth-order valence-corrected chi connectivity index (χ4v) is 0. The fraction of sp³-hybridized carbons (Fsp3) is 0. The van der Waals surface area contributed by atoms with Gasteiger partial charge in [-0.05, 0) is 0 Å². The Bertz CT molecular complexity index is 27.5. The molecule has 0 aromatic rings. The number of carbonyl (C=O) groups is 1. The summed E-state index contributed by atoms with van der Waals surface area (Å²) in [5, 5.41) is 0. The molecule has 4 heteroatoms. The quantitative estimate of drug-likeness (QED) is 0.270. The molecular weight excluding hydrogens is 102 g/mol. The Hall–Kier alpha value is 0.760. The van der Waals surface area contributed by atoms with Crippen molar-refractivity contribution in [1.29, 1.82) is 0 Å². The Morgan fingerprint density at radius 1 is 2.00 bits per heavy atom. The van der Waals surface area contributed by atoms with E-state index in [1.165, 1.54) is 0 Å². The smallest absolute Gasteiger partial charge is 1.00 e. The van der Waals surface area contributed by atoms with E-state index in [0.717, 1.165) is 0 Å². The van der Waals surface area contributed by atoms with Crippen LogP contribution in [0.5, 0.6) is 0 Å². The second-order valence-electron chi connectivity index (χ2n) is 0.185. The van der Waals surface area contributed by atoms with Crippen LogP contribution in [0.1, 0.15) is 1.43 Å². The molecule has 0 fully saturated rings. The topological polar surface area (TPSA) is 26.3 Å². The second-order valence-corrected chi connectivity index (χ2v) is 0.363. The van der Waals surface area contributed by atoms with Crippen LogP contribution in [0.3, 0.4) is 0 Å². The zero-order valence-corrected chi connectivity index (χ0v) is 5.53. The molecule has 0 radical (unpaired) electrons. The minimum absolute atomic E-state index is 0. The van der Waals surface area contributed by atoms with Gasteiger partial charge in [-0.15, -0.1) is 0 Å². The van der Waals surface area contributed by atoms with Crippen molar-refractivity contribution >= 4 is 18.3 Å². The molecule has 0 heterocycles. The number of hydrogen-bond acceptors (Lipinski definition) is 2. The number of hydrogen-bond donors (Lipinski definition) is 0. The Balaban J connectivity index is -0.0000000450. The van der Waals surface area contributed by atoms with Gasteiger partial charge in [0, 0.05) is 0 Å². The summed E-state index contributed by atoms with van der Waals surface area (Å²) in [6, 6.07) is 0. The summed E-state index contributed by atoms with van der Waals surface area (Å²) in [7, 11) is 0. The van der Waals surface area contributed by atoms with E-state index in [1.54, 1.807) is 0 Å². The van der Waals surface area contributed by atoms with Crippen molar-refractivity contribution in [3.05, 3.63) is 0 Å². The van der Waals surface area contributed by atoms with E-state index in [-0.39, 0.29) is 37.5 Å². The summed E-state index contributed by atoms with van der Waals surface area (Å²) < 4.78 is 3.33. The Labute approximate surface area is 58.4 Å². The predicted octanol–water partition coefficient (Wildman–Crippen LogP) is -2.57. The van der Waals surface area contributed by atoms with Crippen LogP contribution in [-0.4, -0.2) is 6.47 Å². The summed E-state index contributed by atoms with van der Waals surface area (Å²) in [6.45, 7) is 0.140.